The molecule has 0 aliphatic rings. The summed E-state index contributed by atoms with van der Waals surface area (Å²) in [5.74, 6) is -8.20. The highest BCUT2D eigenvalue weighted by molar-refractivity contribution is 7.86. The highest BCUT2D eigenvalue weighted by Crippen LogP contribution is 2.36. The number of halogens is 8. The molecule has 116 valence electrons. The lowest BCUT2D eigenvalue weighted by Crippen LogP contribution is -2.43. The van der Waals surface area contributed by atoms with Gasteiger partial charge in [-0.25, -0.2) is 0 Å². The Hall–Kier alpha value is -0.650. The number of alkyl halides is 8. The molecule has 0 fully saturated rings. The Morgan fingerprint density at radius 3 is 1.74 bits per heavy atom. The molecule has 19 heavy (non-hydrogen) atoms. The van der Waals surface area contributed by atoms with Crippen molar-refractivity contribution in [1.29, 1.82) is 0 Å². The number of hydrogen-bond donors (Lipinski definition) is 0. The Kier molecular flexibility index (Phi) is 5.57. The van der Waals surface area contributed by atoms with Crippen LogP contribution < -0.4 is 0 Å². The van der Waals surface area contributed by atoms with Crippen molar-refractivity contribution < 1.29 is 47.7 Å². The molecule has 0 aliphatic carbocycles. The summed E-state index contributed by atoms with van der Waals surface area (Å²) in [6, 6.07) is 0. The Morgan fingerprint density at radius 1 is 0.895 bits per heavy atom. The van der Waals surface area contributed by atoms with Gasteiger partial charge in [-0.05, 0) is 6.42 Å². The van der Waals surface area contributed by atoms with E-state index in [0.29, 0.717) is 0 Å². The summed E-state index contributed by atoms with van der Waals surface area (Å²) in [4.78, 5) is 0. The van der Waals surface area contributed by atoms with Gasteiger partial charge >= 0.3 is 18.3 Å². The van der Waals surface area contributed by atoms with Gasteiger partial charge in [0.05, 0.1) is 6.61 Å². The van der Waals surface area contributed by atoms with E-state index in [1.165, 1.54) is 0 Å². The molecular formula is C7H8F8O3S. The third kappa shape index (κ3) is 7.50. The first kappa shape index (κ1) is 18.4. The summed E-state index contributed by atoms with van der Waals surface area (Å²) >= 11 is 0. The summed E-state index contributed by atoms with van der Waals surface area (Å²) < 4.78 is 120. The summed E-state index contributed by atoms with van der Waals surface area (Å²) in [5, 5.41) is 0. The Morgan fingerprint density at radius 2 is 1.37 bits per heavy atom. The first-order chi connectivity index (χ1) is 8.16. The predicted molar refractivity (Wildman–Crippen MR) is 46.0 cm³/mol. The van der Waals surface area contributed by atoms with E-state index in [1.807, 2.05) is 0 Å². The van der Waals surface area contributed by atoms with Crippen LogP contribution in [0.3, 0.4) is 0 Å². The maximum atomic E-state index is 12.4. The molecular weight excluding hydrogens is 316 g/mol. The molecule has 0 aromatic heterocycles. The molecule has 0 aliphatic heterocycles. The second-order valence-electron chi connectivity index (χ2n) is 3.44. The van der Waals surface area contributed by atoms with Gasteiger partial charge in [0.1, 0.15) is 5.75 Å². The summed E-state index contributed by atoms with van der Waals surface area (Å²) in [6.07, 6.45) is -13.0. The highest BCUT2D eigenvalue weighted by Gasteiger charge is 2.60. The molecule has 0 spiro atoms. The maximum Gasteiger partial charge on any atom is 0.454 e. The van der Waals surface area contributed by atoms with E-state index in [4.69, 9.17) is 0 Å². The van der Waals surface area contributed by atoms with E-state index >= 15 is 0 Å². The minimum Gasteiger partial charge on any atom is -0.270 e. The lowest BCUT2D eigenvalue weighted by molar-refractivity contribution is -0.271. The van der Waals surface area contributed by atoms with Gasteiger partial charge in [0.2, 0.25) is 0 Å². The smallest absolute Gasteiger partial charge is 0.270 e. The second kappa shape index (κ2) is 5.77. The zero-order chi connectivity index (χ0) is 15.5. The topological polar surface area (TPSA) is 43.4 Å². The standard InChI is InChI=1S/C7H8F8O3S/c8-5(9,7(13,14)15)4-19(16,17)18-3-1-2-6(10,11)12/h1-4H2. The number of hydrogen-bond acceptors (Lipinski definition) is 3. The molecule has 0 saturated carbocycles. The van der Waals surface area contributed by atoms with Crippen molar-refractivity contribution in [2.45, 2.75) is 31.1 Å². The third-order valence-electron chi connectivity index (χ3n) is 1.64. The molecule has 0 atom stereocenters. The quantitative estimate of drug-likeness (QED) is 0.429. The van der Waals surface area contributed by atoms with Crippen molar-refractivity contribution in [3.8, 4) is 0 Å². The van der Waals surface area contributed by atoms with E-state index in [0.717, 1.165) is 0 Å². The molecule has 0 bridgehead atoms. The van der Waals surface area contributed by atoms with Crippen LogP contribution in [-0.2, 0) is 14.3 Å². The number of rotatable bonds is 6. The van der Waals surface area contributed by atoms with Crippen molar-refractivity contribution >= 4 is 10.1 Å². The van der Waals surface area contributed by atoms with E-state index in [9.17, 15) is 43.5 Å². The van der Waals surface area contributed by atoms with E-state index in [1.54, 1.807) is 0 Å². The Bertz CT molecular complexity index is 382. The molecule has 0 unspecified atom stereocenters. The molecule has 0 saturated heterocycles. The van der Waals surface area contributed by atoms with Crippen LogP contribution in [-0.4, -0.2) is 39.1 Å². The van der Waals surface area contributed by atoms with Gasteiger partial charge in [-0.2, -0.15) is 43.5 Å². The fraction of sp³-hybridized carbons (Fsp3) is 1.00. The molecule has 0 rings (SSSR count). The van der Waals surface area contributed by atoms with Crippen molar-refractivity contribution in [1.82, 2.24) is 0 Å². The second-order valence-corrected chi connectivity index (χ2v) is 5.08. The molecule has 0 N–H and O–H groups in total. The van der Waals surface area contributed by atoms with Crippen LogP contribution in [0.4, 0.5) is 35.1 Å². The molecule has 0 amide bonds. The molecule has 0 heterocycles. The van der Waals surface area contributed by atoms with E-state index in [2.05, 4.69) is 4.18 Å². The van der Waals surface area contributed by atoms with Gasteiger partial charge < -0.3 is 0 Å². The summed E-state index contributed by atoms with van der Waals surface area (Å²) in [5.41, 5.74) is 0. The highest BCUT2D eigenvalue weighted by atomic mass is 32.2. The van der Waals surface area contributed by atoms with Gasteiger partial charge in [-0.1, -0.05) is 0 Å². The van der Waals surface area contributed by atoms with Crippen LogP contribution in [0.5, 0.6) is 0 Å². The minimum absolute atomic E-state index is 0.875. The monoisotopic (exact) mass is 324 g/mol. The largest absolute Gasteiger partial charge is 0.454 e. The Labute approximate surface area is 102 Å². The zero-order valence-corrected chi connectivity index (χ0v) is 9.80. The lowest BCUT2D eigenvalue weighted by atomic mass is 10.3. The average molecular weight is 324 g/mol. The predicted octanol–water partition coefficient (Wildman–Crippen LogP) is 2.87. The van der Waals surface area contributed by atoms with Crippen LogP contribution in [0.1, 0.15) is 12.8 Å². The maximum absolute atomic E-state index is 12.4. The van der Waals surface area contributed by atoms with E-state index in [-0.39, 0.29) is 0 Å². The summed E-state index contributed by atoms with van der Waals surface area (Å²) in [7, 11) is -5.28. The van der Waals surface area contributed by atoms with Crippen molar-refractivity contribution in [2.75, 3.05) is 12.4 Å². The van der Waals surface area contributed by atoms with Crippen LogP contribution in [0.25, 0.3) is 0 Å². The summed E-state index contributed by atoms with van der Waals surface area (Å²) in [6.45, 7) is -1.13. The molecule has 0 aromatic rings. The lowest BCUT2D eigenvalue weighted by Gasteiger charge is -2.19. The molecule has 0 radical (unpaired) electrons. The van der Waals surface area contributed by atoms with Crippen LogP contribution in [0, 0.1) is 0 Å². The van der Waals surface area contributed by atoms with Crippen LogP contribution >= 0.6 is 0 Å². The molecule has 12 heteroatoms. The van der Waals surface area contributed by atoms with Gasteiger partial charge in [-0.15, -0.1) is 0 Å². The molecule has 3 nitrogen and oxygen atoms in total. The van der Waals surface area contributed by atoms with Gasteiger partial charge in [0.15, 0.2) is 0 Å². The van der Waals surface area contributed by atoms with Gasteiger partial charge in [0, 0.05) is 6.42 Å². The third-order valence-corrected chi connectivity index (χ3v) is 2.88. The fourth-order valence-corrected chi connectivity index (χ4v) is 1.87. The van der Waals surface area contributed by atoms with E-state index < -0.39 is 53.6 Å². The molecule has 0 aromatic carbocycles. The zero-order valence-electron chi connectivity index (χ0n) is 8.99. The SMILES string of the molecule is O=S(=O)(CC(F)(F)C(F)(F)F)OCCCC(F)(F)F. The van der Waals surface area contributed by atoms with Crippen molar-refractivity contribution in [2.24, 2.45) is 0 Å². The average Bonchev–Trinajstić information content (AvgIpc) is 2.07. The van der Waals surface area contributed by atoms with Crippen molar-refractivity contribution in [3.05, 3.63) is 0 Å². The van der Waals surface area contributed by atoms with Crippen LogP contribution in [0.2, 0.25) is 0 Å². The van der Waals surface area contributed by atoms with Crippen LogP contribution in [0.15, 0.2) is 0 Å². The normalized spacial score (nSPS) is 14.7. The minimum atomic E-state index is -6.09. The fourth-order valence-electron chi connectivity index (χ4n) is 0.804. The van der Waals surface area contributed by atoms with Gasteiger partial charge in [-0.3, -0.25) is 4.18 Å². The first-order valence-electron chi connectivity index (χ1n) is 4.55. The van der Waals surface area contributed by atoms with Crippen molar-refractivity contribution in [3.63, 3.8) is 0 Å². The Balaban J connectivity index is 4.36. The van der Waals surface area contributed by atoms with Gasteiger partial charge in [0.25, 0.3) is 10.1 Å². The first-order valence-corrected chi connectivity index (χ1v) is 6.12.